The molecule has 100 valence electrons. The van der Waals surface area contributed by atoms with Gasteiger partial charge in [-0.3, -0.25) is 9.59 Å². The zero-order valence-electron chi connectivity index (χ0n) is 11.0. The van der Waals surface area contributed by atoms with Crippen molar-refractivity contribution >= 4 is 11.8 Å². The third-order valence-electron chi connectivity index (χ3n) is 2.68. The van der Waals surface area contributed by atoms with Crippen LogP contribution in [0.15, 0.2) is 0 Å². The molecule has 0 saturated carbocycles. The molecule has 0 aromatic heterocycles. The van der Waals surface area contributed by atoms with Crippen molar-refractivity contribution in [1.82, 2.24) is 5.32 Å². The van der Waals surface area contributed by atoms with Crippen LogP contribution in [0.5, 0.6) is 0 Å². The van der Waals surface area contributed by atoms with E-state index in [0.29, 0.717) is 6.42 Å². The number of carbonyl (C=O) groups excluding carboxylic acids is 2. The molecule has 0 aliphatic carbocycles. The normalized spacial score (nSPS) is 15.2. The van der Waals surface area contributed by atoms with E-state index >= 15 is 0 Å². The lowest BCUT2D eigenvalue weighted by Crippen LogP contribution is -2.21. The molecular weight excluding hydrogens is 216 g/mol. The molecular formula is C13H26N2O2. The maximum absolute atomic E-state index is 10.6. The number of amides is 2. The molecule has 4 heteroatoms. The fraction of sp³-hybridized carbons (Fsp3) is 0.846. The Hall–Kier alpha value is -1.06. The van der Waals surface area contributed by atoms with Gasteiger partial charge in [0.2, 0.25) is 11.8 Å². The van der Waals surface area contributed by atoms with E-state index in [9.17, 15) is 9.59 Å². The minimum Gasteiger partial charge on any atom is -0.370 e. The molecule has 0 radical (unpaired) electrons. The quantitative estimate of drug-likeness (QED) is 0.725. The topological polar surface area (TPSA) is 72.2 Å². The second-order valence-corrected chi connectivity index (χ2v) is 4.44. The fourth-order valence-corrected chi connectivity index (χ4v) is 1.63. The Morgan fingerprint density at radius 3 is 2.65 bits per heavy atom. The van der Waals surface area contributed by atoms with E-state index in [4.69, 9.17) is 5.73 Å². The highest BCUT2D eigenvalue weighted by Crippen LogP contribution is 2.02. The highest BCUT2D eigenvalue weighted by molar-refractivity contribution is 5.75. The van der Waals surface area contributed by atoms with Gasteiger partial charge in [-0.1, -0.05) is 32.6 Å². The number of unbranched alkanes of at least 4 members (excludes halogenated alkanes) is 3. The van der Waals surface area contributed by atoms with Gasteiger partial charge in [-0.2, -0.15) is 0 Å². The van der Waals surface area contributed by atoms with Crippen LogP contribution in [-0.2, 0) is 9.59 Å². The van der Waals surface area contributed by atoms with Gasteiger partial charge in [0.1, 0.15) is 0 Å². The summed E-state index contributed by atoms with van der Waals surface area (Å²) in [5, 5.41) is 2.81. The van der Waals surface area contributed by atoms with Crippen molar-refractivity contribution < 1.29 is 9.59 Å². The van der Waals surface area contributed by atoms with Gasteiger partial charge in [0, 0.05) is 19.4 Å². The number of hydrogen-bond donors (Lipinski definition) is 2. The Balaban J connectivity index is 0.000000302. The smallest absolute Gasteiger partial charge is 0.219 e. The van der Waals surface area contributed by atoms with Crippen molar-refractivity contribution in [3.8, 4) is 0 Å². The second kappa shape index (κ2) is 11.4. The second-order valence-electron chi connectivity index (χ2n) is 4.44. The SMILES string of the molecule is CCCCCCC(N)=O.O=C1CCCCCN1. The van der Waals surface area contributed by atoms with Crippen LogP contribution in [0.2, 0.25) is 0 Å². The molecule has 0 bridgehead atoms. The molecule has 0 unspecified atom stereocenters. The molecule has 0 aromatic rings. The number of rotatable bonds is 5. The van der Waals surface area contributed by atoms with Gasteiger partial charge >= 0.3 is 0 Å². The Labute approximate surface area is 104 Å². The standard InChI is InChI=1S/C7H15NO.C6H11NO/c1-2-3-4-5-6-7(8)9;8-6-4-2-1-3-5-7-6/h2-6H2,1H3,(H2,8,9);1-5H2,(H,7,8). The van der Waals surface area contributed by atoms with Crippen molar-refractivity contribution in [3.05, 3.63) is 0 Å². The molecule has 2 amide bonds. The average Bonchev–Trinajstić information content (AvgIpc) is 2.53. The molecule has 3 N–H and O–H groups in total. The van der Waals surface area contributed by atoms with Crippen LogP contribution in [0, 0.1) is 0 Å². The summed E-state index contributed by atoms with van der Waals surface area (Å²) in [4.78, 5) is 20.8. The minimum atomic E-state index is -0.175. The van der Waals surface area contributed by atoms with Crippen LogP contribution in [-0.4, -0.2) is 18.4 Å². The number of nitrogens with two attached hydrogens (primary N) is 1. The first-order chi connectivity index (χ1) is 8.16. The molecule has 1 aliphatic rings. The average molecular weight is 242 g/mol. The first kappa shape index (κ1) is 15.9. The predicted molar refractivity (Wildman–Crippen MR) is 69.4 cm³/mol. The Morgan fingerprint density at radius 2 is 2.00 bits per heavy atom. The van der Waals surface area contributed by atoms with Gasteiger partial charge in [-0.15, -0.1) is 0 Å². The lowest BCUT2D eigenvalue weighted by molar-refractivity contribution is -0.121. The Bertz CT molecular complexity index is 207. The van der Waals surface area contributed by atoms with Gasteiger partial charge in [-0.25, -0.2) is 0 Å². The lowest BCUT2D eigenvalue weighted by Gasteiger charge is -1.93. The van der Waals surface area contributed by atoms with Crippen LogP contribution in [0.4, 0.5) is 0 Å². The van der Waals surface area contributed by atoms with E-state index in [0.717, 1.165) is 38.6 Å². The van der Waals surface area contributed by atoms with E-state index in [2.05, 4.69) is 12.2 Å². The van der Waals surface area contributed by atoms with Gasteiger partial charge in [0.25, 0.3) is 0 Å². The molecule has 0 atom stereocenters. The van der Waals surface area contributed by atoms with Crippen molar-refractivity contribution in [2.24, 2.45) is 5.73 Å². The van der Waals surface area contributed by atoms with Crippen LogP contribution in [0.1, 0.15) is 64.7 Å². The van der Waals surface area contributed by atoms with Gasteiger partial charge in [0.15, 0.2) is 0 Å². The number of nitrogens with one attached hydrogen (secondary N) is 1. The van der Waals surface area contributed by atoms with Crippen molar-refractivity contribution in [2.45, 2.75) is 64.7 Å². The van der Waals surface area contributed by atoms with Crippen LogP contribution in [0.25, 0.3) is 0 Å². The summed E-state index contributed by atoms with van der Waals surface area (Å²) < 4.78 is 0. The third-order valence-corrected chi connectivity index (χ3v) is 2.68. The first-order valence-electron chi connectivity index (χ1n) is 6.71. The summed E-state index contributed by atoms with van der Waals surface area (Å²) in [6, 6.07) is 0. The predicted octanol–water partition coefficient (Wildman–Crippen LogP) is 2.12. The van der Waals surface area contributed by atoms with Gasteiger partial charge in [-0.05, 0) is 19.3 Å². The molecule has 0 aromatic carbocycles. The molecule has 1 saturated heterocycles. The number of carbonyl (C=O) groups is 2. The highest BCUT2D eigenvalue weighted by Gasteiger charge is 2.03. The molecule has 1 heterocycles. The Morgan fingerprint density at radius 1 is 1.24 bits per heavy atom. The largest absolute Gasteiger partial charge is 0.370 e. The zero-order valence-corrected chi connectivity index (χ0v) is 11.0. The van der Waals surface area contributed by atoms with E-state index in [1.54, 1.807) is 0 Å². The summed E-state index contributed by atoms with van der Waals surface area (Å²) >= 11 is 0. The van der Waals surface area contributed by atoms with Gasteiger partial charge < -0.3 is 11.1 Å². The minimum absolute atomic E-state index is 0.175. The molecule has 17 heavy (non-hydrogen) atoms. The summed E-state index contributed by atoms with van der Waals surface area (Å²) in [6.07, 6.45) is 9.25. The molecule has 4 nitrogen and oxygen atoms in total. The van der Waals surface area contributed by atoms with Crippen LogP contribution in [0.3, 0.4) is 0 Å². The highest BCUT2D eigenvalue weighted by atomic mass is 16.1. The van der Waals surface area contributed by atoms with E-state index < -0.39 is 0 Å². The van der Waals surface area contributed by atoms with Crippen molar-refractivity contribution in [2.75, 3.05) is 6.54 Å². The van der Waals surface area contributed by atoms with E-state index in [-0.39, 0.29) is 11.8 Å². The maximum Gasteiger partial charge on any atom is 0.219 e. The molecule has 1 rings (SSSR count). The summed E-state index contributed by atoms with van der Waals surface area (Å²) in [7, 11) is 0. The van der Waals surface area contributed by atoms with Gasteiger partial charge in [0.05, 0.1) is 0 Å². The monoisotopic (exact) mass is 242 g/mol. The third kappa shape index (κ3) is 12.9. The van der Waals surface area contributed by atoms with Crippen LogP contribution < -0.4 is 11.1 Å². The molecule has 0 spiro atoms. The van der Waals surface area contributed by atoms with Crippen molar-refractivity contribution in [3.63, 3.8) is 0 Å². The summed E-state index contributed by atoms with van der Waals surface area (Å²) in [5.74, 6) is 0.0496. The summed E-state index contributed by atoms with van der Waals surface area (Å²) in [5.41, 5.74) is 4.94. The van der Waals surface area contributed by atoms with Crippen LogP contribution >= 0.6 is 0 Å². The van der Waals surface area contributed by atoms with E-state index in [1.807, 2.05) is 0 Å². The number of primary amides is 1. The Kier molecular flexibility index (Phi) is 10.7. The molecule has 1 fully saturated rings. The zero-order chi connectivity index (χ0) is 12.9. The lowest BCUT2D eigenvalue weighted by atomic mass is 10.1. The maximum atomic E-state index is 10.6. The first-order valence-corrected chi connectivity index (χ1v) is 6.71. The summed E-state index contributed by atoms with van der Waals surface area (Å²) in [6.45, 7) is 3.03. The van der Waals surface area contributed by atoms with Crippen molar-refractivity contribution in [1.29, 1.82) is 0 Å². The van der Waals surface area contributed by atoms with E-state index in [1.165, 1.54) is 19.3 Å². The molecule has 1 aliphatic heterocycles. The fourth-order valence-electron chi connectivity index (χ4n) is 1.63. The number of hydrogen-bond acceptors (Lipinski definition) is 2.